The van der Waals surface area contributed by atoms with Crippen molar-refractivity contribution >= 4 is 17.4 Å². The number of hydrogen-bond acceptors (Lipinski definition) is 4. The average Bonchev–Trinajstić information content (AvgIpc) is 2.91. The van der Waals surface area contributed by atoms with Crippen LogP contribution in [0.25, 0.3) is 0 Å². The molecule has 1 atom stereocenters. The summed E-state index contributed by atoms with van der Waals surface area (Å²) in [7, 11) is 4.28. The van der Waals surface area contributed by atoms with Crippen LogP contribution in [0.1, 0.15) is 25.3 Å². The number of nitrogens with zero attached hydrogens (tertiary/aromatic N) is 3. The van der Waals surface area contributed by atoms with Gasteiger partial charge in [-0.3, -0.25) is 0 Å². The van der Waals surface area contributed by atoms with E-state index in [0.29, 0.717) is 6.04 Å². The summed E-state index contributed by atoms with van der Waals surface area (Å²) >= 11 is 6.23. The van der Waals surface area contributed by atoms with Crippen molar-refractivity contribution in [3.05, 3.63) is 22.8 Å². The van der Waals surface area contributed by atoms with E-state index in [2.05, 4.69) is 47.2 Å². The minimum absolute atomic E-state index is 0.620. The molecule has 1 unspecified atom stereocenters. The van der Waals surface area contributed by atoms with Gasteiger partial charge in [0, 0.05) is 31.9 Å². The van der Waals surface area contributed by atoms with E-state index in [4.69, 9.17) is 11.6 Å². The Labute approximate surface area is 127 Å². The first kappa shape index (κ1) is 15.5. The van der Waals surface area contributed by atoms with Gasteiger partial charge in [0.05, 0.1) is 5.02 Å². The predicted octanol–water partition coefficient (Wildman–Crippen LogP) is 2.37. The molecule has 2 heterocycles. The average molecular weight is 297 g/mol. The third-order valence-electron chi connectivity index (χ3n) is 3.88. The molecule has 0 spiro atoms. The minimum atomic E-state index is 0.620. The lowest BCUT2D eigenvalue weighted by atomic mass is 10.2. The van der Waals surface area contributed by atoms with Crippen molar-refractivity contribution in [1.82, 2.24) is 15.2 Å². The Balaban J connectivity index is 2.03. The molecule has 1 N–H and O–H groups in total. The first-order chi connectivity index (χ1) is 9.61. The lowest BCUT2D eigenvalue weighted by Gasteiger charge is -2.21. The van der Waals surface area contributed by atoms with Crippen molar-refractivity contribution in [3.8, 4) is 0 Å². The molecule has 0 radical (unpaired) electrons. The molecule has 0 aromatic carbocycles. The molecule has 0 amide bonds. The van der Waals surface area contributed by atoms with Gasteiger partial charge in [0.2, 0.25) is 0 Å². The fourth-order valence-electron chi connectivity index (χ4n) is 2.55. The highest BCUT2D eigenvalue weighted by molar-refractivity contribution is 6.31. The number of nitrogens with one attached hydrogen (secondary N) is 1. The molecule has 0 bridgehead atoms. The van der Waals surface area contributed by atoms with E-state index in [9.17, 15) is 0 Å². The van der Waals surface area contributed by atoms with Crippen molar-refractivity contribution in [2.45, 2.75) is 32.4 Å². The van der Waals surface area contributed by atoms with Crippen molar-refractivity contribution in [2.24, 2.45) is 0 Å². The third-order valence-corrected chi connectivity index (χ3v) is 4.22. The lowest BCUT2D eigenvalue weighted by Crippen LogP contribution is -2.31. The van der Waals surface area contributed by atoms with Crippen LogP contribution in [0.5, 0.6) is 0 Å². The number of likely N-dealkylation sites (N-methyl/N-ethyl adjacent to an activating group) is 1. The van der Waals surface area contributed by atoms with Crippen LogP contribution in [-0.2, 0) is 6.54 Å². The summed E-state index contributed by atoms with van der Waals surface area (Å²) in [5, 5.41) is 4.15. The van der Waals surface area contributed by atoms with E-state index in [1.165, 1.54) is 6.42 Å². The molecule has 0 aliphatic carbocycles. The molecule has 0 saturated carbocycles. The quantitative estimate of drug-likeness (QED) is 0.817. The first-order valence-electron chi connectivity index (χ1n) is 7.38. The number of halogens is 1. The van der Waals surface area contributed by atoms with Crippen molar-refractivity contribution in [2.75, 3.05) is 38.6 Å². The topological polar surface area (TPSA) is 31.4 Å². The molecule has 112 valence electrons. The van der Waals surface area contributed by atoms with Gasteiger partial charge >= 0.3 is 0 Å². The predicted molar refractivity (Wildman–Crippen MR) is 85.5 cm³/mol. The zero-order valence-electron chi connectivity index (χ0n) is 12.7. The summed E-state index contributed by atoms with van der Waals surface area (Å²) in [5.41, 5.74) is 1.14. The first-order valence-corrected chi connectivity index (χ1v) is 7.76. The van der Waals surface area contributed by atoms with Gasteiger partial charge in [0.25, 0.3) is 0 Å². The fourth-order valence-corrected chi connectivity index (χ4v) is 2.72. The number of anilines is 1. The maximum absolute atomic E-state index is 6.23. The van der Waals surface area contributed by atoms with E-state index in [-0.39, 0.29) is 0 Å². The van der Waals surface area contributed by atoms with Gasteiger partial charge in [0.1, 0.15) is 5.82 Å². The Kier molecular flexibility index (Phi) is 5.64. The van der Waals surface area contributed by atoms with Crippen LogP contribution in [0, 0.1) is 0 Å². The molecular formula is C15H25ClN4. The van der Waals surface area contributed by atoms with Gasteiger partial charge in [-0.2, -0.15) is 0 Å². The second kappa shape index (κ2) is 7.25. The maximum Gasteiger partial charge on any atom is 0.128 e. The zero-order valence-corrected chi connectivity index (χ0v) is 13.5. The van der Waals surface area contributed by atoms with Crippen LogP contribution in [-0.4, -0.2) is 49.7 Å². The fraction of sp³-hybridized carbons (Fsp3) is 0.667. The smallest absolute Gasteiger partial charge is 0.128 e. The molecule has 1 aromatic rings. The molecule has 20 heavy (non-hydrogen) atoms. The van der Waals surface area contributed by atoms with E-state index < -0.39 is 0 Å². The van der Waals surface area contributed by atoms with Crippen LogP contribution in [0.2, 0.25) is 5.02 Å². The van der Waals surface area contributed by atoms with E-state index >= 15 is 0 Å². The van der Waals surface area contributed by atoms with Gasteiger partial charge in [-0.1, -0.05) is 18.5 Å². The summed E-state index contributed by atoms with van der Waals surface area (Å²) in [6.07, 6.45) is 4.11. The summed E-state index contributed by atoms with van der Waals surface area (Å²) in [4.78, 5) is 9.13. The lowest BCUT2D eigenvalue weighted by molar-refractivity contribution is 0.315. The van der Waals surface area contributed by atoms with Crippen LogP contribution in [0.3, 0.4) is 0 Å². The molecule has 1 aliphatic heterocycles. The second-order valence-corrected chi connectivity index (χ2v) is 6.07. The Morgan fingerprint density at radius 2 is 2.30 bits per heavy atom. The molecular weight excluding hydrogens is 272 g/mol. The third kappa shape index (κ3) is 3.84. The molecule has 5 heteroatoms. The number of hydrogen-bond donors (Lipinski definition) is 1. The van der Waals surface area contributed by atoms with E-state index in [1.54, 1.807) is 6.20 Å². The highest BCUT2D eigenvalue weighted by Gasteiger charge is 2.25. The standard InChI is InChI=1S/C15H25ClN4/c1-4-6-17-9-12-8-15(18-10-14(12)16)20-7-5-13(11-20)19(2)3/h8,10,13,17H,4-7,9,11H2,1-3H3. The number of pyridine rings is 1. The largest absolute Gasteiger partial charge is 0.355 e. The van der Waals surface area contributed by atoms with Crippen LogP contribution < -0.4 is 10.2 Å². The maximum atomic E-state index is 6.23. The van der Waals surface area contributed by atoms with Crippen LogP contribution in [0.4, 0.5) is 5.82 Å². The summed E-state index contributed by atoms with van der Waals surface area (Å²) in [5.74, 6) is 1.05. The van der Waals surface area contributed by atoms with Gasteiger partial charge in [-0.15, -0.1) is 0 Å². The number of aromatic nitrogens is 1. The molecule has 1 fully saturated rings. The molecule has 4 nitrogen and oxygen atoms in total. The Morgan fingerprint density at radius 3 is 2.95 bits per heavy atom. The normalized spacial score (nSPS) is 19.1. The van der Waals surface area contributed by atoms with E-state index in [0.717, 1.165) is 49.0 Å². The van der Waals surface area contributed by atoms with Gasteiger partial charge in [-0.25, -0.2) is 4.98 Å². The Bertz CT molecular complexity index is 436. The number of rotatable bonds is 6. The summed E-state index contributed by atoms with van der Waals surface area (Å²) in [6.45, 7) is 6.11. The van der Waals surface area contributed by atoms with Crippen LogP contribution >= 0.6 is 11.6 Å². The SMILES string of the molecule is CCCNCc1cc(N2CCC(N(C)C)C2)ncc1Cl. The highest BCUT2D eigenvalue weighted by Crippen LogP contribution is 2.24. The van der Waals surface area contributed by atoms with Crippen molar-refractivity contribution < 1.29 is 0 Å². The Hall–Kier alpha value is -0.840. The highest BCUT2D eigenvalue weighted by atomic mass is 35.5. The Morgan fingerprint density at radius 1 is 1.50 bits per heavy atom. The summed E-state index contributed by atoms with van der Waals surface area (Å²) < 4.78 is 0. The molecule has 1 aromatic heterocycles. The molecule has 2 rings (SSSR count). The molecule has 1 saturated heterocycles. The minimum Gasteiger partial charge on any atom is -0.355 e. The van der Waals surface area contributed by atoms with Crippen molar-refractivity contribution in [1.29, 1.82) is 0 Å². The monoisotopic (exact) mass is 296 g/mol. The van der Waals surface area contributed by atoms with Crippen molar-refractivity contribution in [3.63, 3.8) is 0 Å². The van der Waals surface area contributed by atoms with Gasteiger partial charge < -0.3 is 15.1 Å². The van der Waals surface area contributed by atoms with E-state index in [1.807, 2.05) is 0 Å². The summed E-state index contributed by atoms with van der Waals surface area (Å²) in [6, 6.07) is 2.75. The zero-order chi connectivity index (χ0) is 14.5. The second-order valence-electron chi connectivity index (χ2n) is 5.66. The molecule has 1 aliphatic rings. The van der Waals surface area contributed by atoms with Gasteiger partial charge in [0.15, 0.2) is 0 Å². The van der Waals surface area contributed by atoms with Gasteiger partial charge in [-0.05, 0) is 45.1 Å². The van der Waals surface area contributed by atoms with Crippen LogP contribution in [0.15, 0.2) is 12.3 Å².